The number of nitrogens with zero attached hydrogens (tertiary/aromatic N) is 2. The SMILES string of the molecule is CC1(C)SC2C(NC(=O)C(NC(=O)c3ccc(/C=N/NC(=O)c4cccc(O)c4O)cc3)c3ccccc3)C(=O)N2C1C(=O)O. The van der Waals surface area contributed by atoms with E-state index in [4.69, 9.17) is 0 Å². The molecule has 4 unspecified atom stereocenters. The van der Waals surface area contributed by atoms with Gasteiger partial charge in [0, 0.05) is 10.3 Å². The van der Waals surface area contributed by atoms with Crippen LogP contribution in [-0.4, -0.2) is 78.2 Å². The number of amides is 4. The van der Waals surface area contributed by atoms with Crippen molar-refractivity contribution in [2.45, 2.75) is 42.1 Å². The molecule has 0 aromatic heterocycles. The molecule has 0 spiro atoms. The van der Waals surface area contributed by atoms with Crippen LogP contribution in [0.15, 0.2) is 77.9 Å². The number of hydrogen-bond acceptors (Lipinski definition) is 9. The molecule has 2 fully saturated rings. The molecule has 45 heavy (non-hydrogen) atoms. The number of benzene rings is 3. The highest BCUT2D eigenvalue weighted by molar-refractivity contribution is 8.01. The predicted octanol–water partition coefficient (Wildman–Crippen LogP) is 1.96. The minimum Gasteiger partial charge on any atom is -0.504 e. The van der Waals surface area contributed by atoms with Gasteiger partial charge in [0.2, 0.25) is 11.8 Å². The standard InChI is InChI=1S/C31H29N5O8S/c1-31(2)24(30(43)44)36-28(42)22(29(36)45-31)34-27(41)21(17-7-4-3-5-8-17)33-25(39)18-13-11-16(12-14-18)15-32-35-26(40)19-9-6-10-20(37)23(19)38/h3-15,21-22,24,29,37-38H,1-2H3,(H,33,39)(H,34,41)(H,35,40)(H,43,44)/b32-15+. The van der Waals surface area contributed by atoms with Crippen LogP contribution in [0.4, 0.5) is 0 Å². The van der Waals surface area contributed by atoms with Crippen molar-refractivity contribution >= 4 is 47.6 Å². The second kappa shape index (κ2) is 12.3. The van der Waals surface area contributed by atoms with E-state index in [2.05, 4.69) is 21.2 Å². The molecular formula is C31H29N5O8S. The van der Waals surface area contributed by atoms with E-state index in [9.17, 15) is 39.3 Å². The second-order valence-electron chi connectivity index (χ2n) is 10.9. The third kappa shape index (κ3) is 6.17. The average Bonchev–Trinajstić information content (AvgIpc) is 3.28. The fourth-order valence-electron chi connectivity index (χ4n) is 5.20. The first-order valence-electron chi connectivity index (χ1n) is 13.7. The fraction of sp³-hybridized carbons (Fsp3) is 0.226. The van der Waals surface area contributed by atoms with Gasteiger partial charge in [0.05, 0.1) is 11.8 Å². The van der Waals surface area contributed by atoms with Gasteiger partial charge in [0.25, 0.3) is 11.8 Å². The van der Waals surface area contributed by atoms with Crippen LogP contribution in [0.5, 0.6) is 11.5 Å². The van der Waals surface area contributed by atoms with Crippen LogP contribution in [0.3, 0.4) is 0 Å². The van der Waals surface area contributed by atoms with Gasteiger partial charge in [-0.3, -0.25) is 19.2 Å². The van der Waals surface area contributed by atoms with Gasteiger partial charge in [0.1, 0.15) is 23.5 Å². The van der Waals surface area contributed by atoms with Crippen LogP contribution < -0.4 is 16.1 Å². The molecule has 3 aromatic rings. The molecule has 3 aromatic carbocycles. The monoisotopic (exact) mass is 631 g/mol. The topological polar surface area (TPSA) is 198 Å². The molecule has 5 rings (SSSR count). The zero-order valence-corrected chi connectivity index (χ0v) is 24.8. The lowest BCUT2D eigenvalue weighted by Gasteiger charge is -2.44. The summed E-state index contributed by atoms with van der Waals surface area (Å²) < 4.78 is -0.754. The highest BCUT2D eigenvalue weighted by atomic mass is 32.2. The van der Waals surface area contributed by atoms with E-state index >= 15 is 0 Å². The van der Waals surface area contributed by atoms with Crippen molar-refractivity contribution in [2.75, 3.05) is 0 Å². The molecule has 2 aliphatic heterocycles. The van der Waals surface area contributed by atoms with E-state index in [1.165, 1.54) is 53.2 Å². The van der Waals surface area contributed by atoms with E-state index < -0.39 is 69.3 Å². The van der Waals surface area contributed by atoms with Gasteiger partial charge in [-0.25, -0.2) is 10.2 Å². The summed E-state index contributed by atoms with van der Waals surface area (Å²) in [7, 11) is 0. The smallest absolute Gasteiger partial charge is 0.327 e. The van der Waals surface area contributed by atoms with E-state index in [0.29, 0.717) is 11.1 Å². The summed E-state index contributed by atoms with van der Waals surface area (Å²) in [6.07, 6.45) is 1.32. The number of carbonyl (C=O) groups is 5. The van der Waals surface area contributed by atoms with Crippen molar-refractivity contribution in [3.05, 3.63) is 95.1 Å². The minimum atomic E-state index is -1.15. The van der Waals surface area contributed by atoms with Crippen molar-refractivity contribution in [1.82, 2.24) is 21.0 Å². The predicted molar refractivity (Wildman–Crippen MR) is 164 cm³/mol. The number of carboxylic acid groups (broad SMARTS) is 1. The molecule has 0 saturated carbocycles. The molecular weight excluding hydrogens is 602 g/mol. The Balaban J connectivity index is 1.24. The van der Waals surface area contributed by atoms with Gasteiger partial charge in [0.15, 0.2) is 11.5 Å². The fourth-order valence-corrected chi connectivity index (χ4v) is 6.83. The Bertz CT molecular complexity index is 1700. The summed E-state index contributed by atoms with van der Waals surface area (Å²) in [5.41, 5.74) is 3.30. The van der Waals surface area contributed by atoms with Gasteiger partial charge in [-0.2, -0.15) is 5.10 Å². The number of phenols is 2. The molecule has 2 saturated heterocycles. The third-order valence-electron chi connectivity index (χ3n) is 7.46. The van der Waals surface area contributed by atoms with Gasteiger partial charge in [-0.1, -0.05) is 48.5 Å². The van der Waals surface area contributed by atoms with Crippen LogP contribution in [-0.2, 0) is 14.4 Å². The van der Waals surface area contributed by atoms with E-state index in [0.717, 1.165) is 0 Å². The van der Waals surface area contributed by atoms with Crippen LogP contribution >= 0.6 is 11.8 Å². The molecule has 2 aliphatic rings. The Labute approximate surface area is 261 Å². The number of hydrazone groups is 1. The van der Waals surface area contributed by atoms with Crippen LogP contribution in [0, 0.1) is 0 Å². The molecule has 0 radical (unpaired) electrons. The lowest BCUT2D eigenvalue weighted by Crippen LogP contribution is -2.71. The summed E-state index contributed by atoms with van der Waals surface area (Å²) in [6, 6.07) is 15.5. The number of aliphatic carboxylic acids is 1. The lowest BCUT2D eigenvalue weighted by atomic mass is 9.95. The zero-order valence-electron chi connectivity index (χ0n) is 24.0. The Morgan fingerprint density at radius 2 is 1.64 bits per heavy atom. The molecule has 0 aliphatic carbocycles. The van der Waals surface area contributed by atoms with Crippen molar-refractivity contribution in [2.24, 2.45) is 5.10 Å². The van der Waals surface area contributed by atoms with E-state index in [1.54, 1.807) is 56.3 Å². The zero-order chi connectivity index (χ0) is 32.5. The van der Waals surface area contributed by atoms with Crippen molar-refractivity contribution in [1.29, 1.82) is 0 Å². The number of aromatic hydroxyl groups is 2. The quantitative estimate of drug-likeness (QED) is 0.0885. The number of rotatable bonds is 9. The molecule has 4 atom stereocenters. The van der Waals surface area contributed by atoms with Crippen molar-refractivity contribution < 1.29 is 39.3 Å². The average molecular weight is 632 g/mol. The highest BCUT2D eigenvalue weighted by Crippen LogP contribution is 2.50. The maximum Gasteiger partial charge on any atom is 0.327 e. The second-order valence-corrected chi connectivity index (χ2v) is 12.7. The van der Waals surface area contributed by atoms with Gasteiger partial charge >= 0.3 is 5.97 Å². The summed E-state index contributed by atoms with van der Waals surface area (Å²) in [6.45, 7) is 3.48. The van der Waals surface area contributed by atoms with Crippen LogP contribution in [0.2, 0.25) is 0 Å². The van der Waals surface area contributed by atoms with Crippen LogP contribution in [0.25, 0.3) is 0 Å². The molecule has 14 heteroatoms. The number of carbonyl (C=O) groups excluding carboxylic acids is 4. The summed E-state index contributed by atoms with van der Waals surface area (Å²) in [5.74, 6) is -4.56. The number of β-lactam (4-membered cyclic amide) rings is 1. The molecule has 2 heterocycles. The summed E-state index contributed by atoms with van der Waals surface area (Å²) >= 11 is 1.30. The van der Waals surface area contributed by atoms with Gasteiger partial charge in [-0.15, -0.1) is 11.8 Å². The first-order valence-corrected chi connectivity index (χ1v) is 14.6. The Morgan fingerprint density at radius 1 is 0.956 bits per heavy atom. The normalized spacial score (nSPS) is 20.5. The first kappa shape index (κ1) is 31.1. The number of thioether (sulfide) groups is 1. The number of carboxylic acids is 1. The molecule has 0 bridgehead atoms. The van der Waals surface area contributed by atoms with Crippen molar-refractivity contribution in [3.63, 3.8) is 0 Å². The first-order chi connectivity index (χ1) is 21.4. The Hall–Kier alpha value is -5.37. The van der Waals surface area contributed by atoms with E-state index in [-0.39, 0.29) is 11.1 Å². The Kier molecular flexibility index (Phi) is 8.51. The number of phenolic OH excluding ortho intramolecular Hbond substituents is 2. The molecule has 13 nitrogen and oxygen atoms in total. The largest absolute Gasteiger partial charge is 0.504 e. The minimum absolute atomic E-state index is 0.162. The van der Waals surface area contributed by atoms with E-state index in [1.807, 2.05) is 0 Å². The van der Waals surface area contributed by atoms with Gasteiger partial charge in [-0.05, 0) is 49.2 Å². The molecule has 6 N–H and O–H groups in total. The maximum atomic E-state index is 13.5. The Morgan fingerprint density at radius 3 is 2.31 bits per heavy atom. The number of hydrogen-bond donors (Lipinski definition) is 6. The number of para-hydroxylation sites is 1. The highest BCUT2D eigenvalue weighted by Gasteiger charge is 2.64. The third-order valence-corrected chi connectivity index (χ3v) is 9.03. The number of nitrogens with one attached hydrogen (secondary N) is 3. The lowest BCUT2D eigenvalue weighted by molar-refractivity contribution is -0.161. The molecule has 232 valence electrons. The van der Waals surface area contributed by atoms with Gasteiger partial charge < -0.3 is 30.9 Å². The molecule has 4 amide bonds. The maximum absolute atomic E-state index is 13.5. The summed E-state index contributed by atoms with van der Waals surface area (Å²) in [4.78, 5) is 65.0. The number of fused-ring (bicyclic) bond motifs is 1. The summed E-state index contributed by atoms with van der Waals surface area (Å²) in [5, 5.41) is 37.8. The van der Waals surface area contributed by atoms with Crippen molar-refractivity contribution in [3.8, 4) is 11.5 Å². The van der Waals surface area contributed by atoms with Crippen LogP contribution in [0.1, 0.15) is 51.7 Å².